The van der Waals surface area contributed by atoms with Crippen molar-refractivity contribution < 1.29 is 0 Å². The molecule has 4 heterocycles. The number of aromatic nitrogens is 3. The summed E-state index contributed by atoms with van der Waals surface area (Å²) in [5.41, 5.74) is 11.7. The molecule has 11 aromatic rings. The van der Waals surface area contributed by atoms with Gasteiger partial charge in [0.2, 0.25) is 0 Å². The highest BCUT2D eigenvalue weighted by Gasteiger charge is 2.15. The van der Waals surface area contributed by atoms with Gasteiger partial charge < -0.3 is 9.13 Å². The Labute approximate surface area is 297 Å². The number of fused-ring (bicyclic) bond motifs is 9. The summed E-state index contributed by atoms with van der Waals surface area (Å²) < 4.78 is 7.35. The van der Waals surface area contributed by atoms with E-state index in [1.54, 1.807) is 0 Å². The fraction of sp³-hybridized carbons (Fsp3) is 0. The minimum atomic E-state index is 1.10. The van der Waals surface area contributed by atoms with Crippen LogP contribution in [0.4, 0.5) is 0 Å². The molecule has 0 saturated carbocycles. The van der Waals surface area contributed by atoms with Crippen LogP contribution in [-0.2, 0) is 0 Å². The smallest absolute Gasteiger partial charge is 0.0541 e. The van der Waals surface area contributed by atoms with Gasteiger partial charge in [0.15, 0.2) is 0 Å². The van der Waals surface area contributed by atoms with Gasteiger partial charge in [-0.1, -0.05) is 91.0 Å². The molecular formula is C47H29N3S. The maximum Gasteiger partial charge on any atom is 0.0541 e. The minimum absolute atomic E-state index is 1.10. The largest absolute Gasteiger partial charge is 0.309 e. The first kappa shape index (κ1) is 28.4. The van der Waals surface area contributed by atoms with E-state index >= 15 is 0 Å². The van der Waals surface area contributed by atoms with Gasteiger partial charge in [0, 0.05) is 76.6 Å². The van der Waals surface area contributed by atoms with Crippen LogP contribution in [0.25, 0.3) is 97.4 Å². The zero-order valence-corrected chi connectivity index (χ0v) is 28.3. The molecule has 4 heteroatoms. The minimum Gasteiger partial charge on any atom is -0.309 e. The van der Waals surface area contributed by atoms with Crippen molar-refractivity contribution in [3.63, 3.8) is 0 Å². The molecule has 51 heavy (non-hydrogen) atoms. The van der Waals surface area contributed by atoms with Crippen LogP contribution in [0.5, 0.6) is 0 Å². The quantitative estimate of drug-likeness (QED) is 0.183. The molecule has 3 nitrogen and oxygen atoms in total. The molecule has 0 spiro atoms. The molecule has 0 aliphatic carbocycles. The Bertz CT molecular complexity index is 3050. The predicted octanol–water partition coefficient (Wildman–Crippen LogP) is 13.0. The van der Waals surface area contributed by atoms with Gasteiger partial charge >= 0.3 is 0 Å². The van der Waals surface area contributed by atoms with Crippen molar-refractivity contribution in [3.05, 3.63) is 176 Å². The second kappa shape index (κ2) is 11.0. The number of benzene rings is 7. The lowest BCUT2D eigenvalue weighted by molar-refractivity contribution is 1.18. The average Bonchev–Trinajstić information content (AvgIpc) is 3.85. The van der Waals surface area contributed by atoms with E-state index in [0.717, 1.165) is 27.9 Å². The van der Waals surface area contributed by atoms with Crippen molar-refractivity contribution >= 4 is 75.1 Å². The molecule has 0 aliphatic heterocycles. The van der Waals surface area contributed by atoms with Crippen molar-refractivity contribution in [2.75, 3.05) is 0 Å². The van der Waals surface area contributed by atoms with Crippen molar-refractivity contribution in [2.45, 2.75) is 0 Å². The third-order valence-electron chi connectivity index (χ3n) is 10.4. The fourth-order valence-corrected chi connectivity index (χ4v) is 9.13. The van der Waals surface area contributed by atoms with Crippen LogP contribution < -0.4 is 0 Å². The molecule has 0 amide bonds. The summed E-state index contributed by atoms with van der Waals surface area (Å²) in [5, 5.41) is 7.63. The second-order valence-corrected chi connectivity index (χ2v) is 14.3. The van der Waals surface area contributed by atoms with Crippen LogP contribution in [0.1, 0.15) is 0 Å². The Morgan fingerprint density at radius 1 is 0.333 bits per heavy atom. The zero-order valence-electron chi connectivity index (χ0n) is 27.5. The third kappa shape index (κ3) is 4.33. The van der Waals surface area contributed by atoms with E-state index in [4.69, 9.17) is 4.98 Å². The number of hydrogen-bond donors (Lipinski definition) is 0. The lowest BCUT2D eigenvalue weighted by Gasteiger charge is -2.11. The topological polar surface area (TPSA) is 22.8 Å². The van der Waals surface area contributed by atoms with E-state index in [2.05, 4.69) is 173 Å². The second-order valence-electron chi connectivity index (χ2n) is 13.2. The Kier molecular flexibility index (Phi) is 6.12. The maximum absolute atomic E-state index is 4.76. The van der Waals surface area contributed by atoms with Gasteiger partial charge in [-0.05, 0) is 83.9 Å². The Hall–Kier alpha value is -6.49. The van der Waals surface area contributed by atoms with E-state index in [1.807, 2.05) is 23.7 Å². The number of para-hydroxylation sites is 4. The van der Waals surface area contributed by atoms with Crippen LogP contribution in [-0.4, -0.2) is 14.1 Å². The summed E-state index contributed by atoms with van der Waals surface area (Å²) in [6.07, 6.45) is 3.96. The number of hydrogen-bond acceptors (Lipinski definition) is 2. The molecule has 0 unspecified atom stereocenters. The summed E-state index contributed by atoms with van der Waals surface area (Å²) in [5.74, 6) is 0. The van der Waals surface area contributed by atoms with Gasteiger partial charge in [-0.3, -0.25) is 4.98 Å². The summed E-state index contributed by atoms with van der Waals surface area (Å²) in [7, 11) is 0. The van der Waals surface area contributed by atoms with Gasteiger partial charge in [-0.2, -0.15) is 0 Å². The van der Waals surface area contributed by atoms with Crippen LogP contribution in [0.2, 0.25) is 0 Å². The summed E-state index contributed by atoms with van der Waals surface area (Å²) >= 11 is 1.85. The monoisotopic (exact) mass is 667 g/mol. The molecule has 0 saturated heterocycles. The van der Waals surface area contributed by atoms with E-state index in [1.165, 1.54) is 69.5 Å². The molecule has 0 aliphatic rings. The summed E-state index contributed by atoms with van der Waals surface area (Å²) in [6, 6.07) is 59.6. The first-order valence-corrected chi connectivity index (χ1v) is 18.1. The number of thiophene rings is 1. The van der Waals surface area contributed by atoms with Crippen molar-refractivity contribution in [1.29, 1.82) is 0 Å². The zero-order chi connectivity index (χ0) is 33.5. The first-order chi connectivity index (χ1) is 25.3. The van der Waals surface area contributed by atoms with Crippen molar-refractivity contribution in [1.82, 2.24) is 14.1 Å². The van der Waals surface area contributed by atoms with Crippen LogP contribution in [0.15, 0.2) is 176 Å². The van der Waals surface area contributed by atoms with Crippen LogP contribution in [0.3, 0.4) is 0 Å². The standard InChI is InChI=1S/C47H29N3S/c1-5-16-42-36(12-1)37-13-2-6-17-43(37)49(42)34-11-9-10-30(25-34)32-24-33(29-48-28-32)31-20-22-46-40(26-31)41-27-35(21-23-47(41)51-46)50-44-18-7-3-14-38(44)39-15-4-8-19-45(39)50/h1-29H. The van der Waals surface area contributed by atoms with Gasteiger partial charge in [-0.15, -0.1) is 11.3 Å². The molecule has 4 aromatic heterocycles. The van der Waals surface area contributed by atoms with E-state index in [-0.39, 0.29) is 0 Å². The maximum atomic E-state index is 4.76. The average molecular weight is 668 g/mol. The molecule has 0 bridgehead atoms. The van der Waals surface area contributed by atoms with Gasteiger partial charge in [0.25, 0.3) is 0 Å². The fourth-order valence-electron chi connectivity index (χ4n) is 8.07. The Morgan fingerprint density at radius 3 is 1.37 bits per heavy atom. The predicted molar refractivity (Wildman–Crippen MR) is 217 cm³/mol. The highest BCUT2D eigenvalue weighted by Crippen LogP contribution is 2.40. The number of rotatable bonds is 4. The Morgan fingerprint density at radius 2 is 0.804 bits per heavy atom. The molecule has 0 N–H and O–H groups in total. The van der Waals surface area contributed by atoms with Gasteiger partial charge in [0.05, 0.1) is 22.1 Å². The van der Waals surface area contributed by atoms with Crippen molar-refractivity contribution in [3.8, 4) is 33.6 Å². The number of pyridine rings is 1. The molecular weight excluding hydrogens is 639 g/mol. The molecule has 238 valence electrons. The normalized spacial score (nSPS) is 11.9. The Balaban J connectivity index is 1.02. The van der Waals surface area contributed by atoms with Crippen LogP contribution in [0, 0.1) is 0 Å². The van der Waals surface area contributed by atoms with E-state index in [9.17, 15) is 0 Å². The SMILES string of the molecule is c1cc(-c2cncc(-c3ccc4sc5ccc(-n6c7ccccc7c7ccccc76)cc5c4c3)c2)cc(-n2c3ccccc3c3ccccc32)c1. The summed E-state index contributed by atoms with van der Waals surface area (Å²) in [4.78, 5) is 4.76. The molecule has 7 aromatic carbocycles. The van der Waals surface area contributed by atoms with Crippen molar-refractivity contribution in [2.24, 2.45) is 0 Å². The number of nitrogens with zero attached hydrogens (tertiary/aromatic N) is 3. The van der Waals surface area contributed by atoms with E-state index in [0.29, 0.717) is 0 Å². The highest BCUT2D eigenvalue weighted by molar-refractivity contribution is 7.25. The first-order valence-electron chi connectivity index (χ1n) is 17.3. The molecule has 11 rings (SSSR count). The lowest BCUT2D eigenvalue weighted by atomic mass is 10.00. The van der Waals surface area contributed by atoms with E-state index < -0.39 is 0 Å². The third-order valence-corrected chi connectivity index (χ3v) is 11.5. The van der Waals surface area contributed by atoms with Crippen LogP contribution >= 0.6 is 11.3 Å². The molecule has 0 radical (unpaired) electrons. The summed E-state index contributed by atoms with van der Waals surface area (Å²) in [6.45, 7) is 0. The van der Waals surface area contributed by atoms with Gasteiger partial charge in [0.1, 0.15) is 0 Å². The highest BCUT2D eigenvalue weighted by atomic mass is 32.1. The molecule has 0 fully saturated rings. The van der Waals surface area contributed by atoms with Gasteiger partial charge in [-0.25, -0.2) is 0 Å². The lowest BCUT2D eigenvalue weighted by Crippen LogP contribution is -1.94. The molecule has 0 atom stereocenters.